The van der Waals surface area contributed by atoms with Gasteiger partial charge in [0.2, 0.25) is 0 Å². The van der Waals surface area contributed by atoms with Crippen LogP contribution in [0.15, 0.2) is 24.3 Å². The van der Waals surface area contributed by atoms with E-state index in [1.807, 2.05) is 21.0 Å². The fourth-order valence-corrected chi connectivity index (χ4v) is 0.999. The number of benzene rings is 1. The average Bonchev–Trinajstić information content (AvgIpc) is 2.27. The molecule has 0 atom stereocenters. The molecule has 0 aliphatic carbocycles. The molecule has 0 saturated heterocycles. The number of phenolic OH excluding ortho intramolecular Hbond substituents is 1. The van der Waals surface area contributed by atoms with Crippen molar-refractivity contribution in [2.75, 3.05) is 20.6 Å². The van der Waals surface area contributed by atoms with Crippen LogP contribution in [0.5, 0.6) is 5.75 Å². The van der Waals surface area contributed by atoms with Crippen LogP contribution in [0.4, 0.5) is 0 Å². The number of aromatic hydroxyl groups is 1. The van der Waals surface area contributed by atoms with E-state index >= 15 is 0 Å². The lowest BCUT2D eigenvalue weighted by Gasteiger charge is -2.04. The lowest BCUT2D eigenvalue weighted by atomic mass is 10.2. The van der Waals surface area contributed by atoms with Crippen molar-refractivity contribution in [1.82, 2.24) is 10.6 Å². The summed E-state index contributed by atoms with van der Waals surface area (Å²) in [6.07, 6.45) is 0.888. The second-order valence-corrected chi connectivity index (χ2v) is 3.27. The highest BCUT2D eigenvalue weighted by Gasteiger charge is 2.07. The van der Waals surface area contributed by atoms with E-state index in [1.165, 1.54) is 6.07 Å². The second-order valence-electron chi connectivity index (χ2n) is 3.27. The summed E-state index contributed by atoms with van der Waals surface area (Å²) in [5, 5.41) is 14.8. The Hall–Kier alpha value is -1.55. The zero-order chi connectivity index (χ0) is 12.4. The van der Waals surface area contributed by atoms with Crippen LogP contribution in [-0.4, -0.2) is 31.7 Å². The van der Waals surface area contributed by atoms with Crippen LogP contribution in [-0.2, 0) is 0 Å². The Morgan fingerprint density at radius 1 is 1.31 bits per heavy atom. The van der Waals surface area contributed by atoms with Gasteiger partial charge in [-0.2, -0.15) is 0 Å². The predicted octanol–water partition coefficient (Wildman–Crippen LogP) is 1.37. The van der Waals surface area contributed by atoms with Crippen LogP contribution in [0.25, 0.3) is 0 Å². The van der Waals surface area contributed by atoms with E-state index in [9.17, 15) is 9.90 Å². The van der Waals surface area contributed by atoms with Gasteiger partial charge in [-0.15, -0.1) is 0 Å². The summed E-state index contributed by atoms with van der Waals surface area (Å²) in [7, 11) is 3.75. The molecule has 0 aliphatic heterocycles. The van der Waals surface area contributed by atoms with Gasteiger partial charge >= 0.3 is 0 Å². The van der Waals surface area contributed by atoms with Crippen molar-refractivity contribution in [3.05, 3.63) is 29.8 Å². The van der Waals surface area contributed by atoms with Gasteiger partial charge in [0, 0.05) is 6.54 Å². The zero-order valence-corrected chi connectivity index (χ0v) is 10.1. The van der Waals surface area contributed by atoms with Crippen molar-refractivity contribution < 1.29 is 9.90 Å². The Morgan fingerprint density at radius 3 is 2.38 bits per heavy atom. The maximum Gasteiger partial charge on any atom is 0.255 e. The van der Waals surface area contributed by atoms with Crippen LogP contribution >= 0.6 is 0 Å². The van der Waals surface area contributed by atoms with Crippen molar-refractivity contribution in [2.45, 2.75) is 13.3 Å². The smallest absolute Gasteiger partial charge is 0.255 e. The average molecular weight is 224 g/mol. The maximum absolute atomic E-state index is 11.4. The van der Waals surface area contributed by atoms with E-state index in [-0.39, 0.29) is 11.7 Å². The van der Waals surface area contributed by atoms with Crippen LogP contribution in [0.2, 0.25) is 0 Å². The number of carbonyl (C=O) groups is 1. The first-order chi connectivity index (χ1) is 7.67. The van der Waals surface area contributed by atoms with Gasteiger partial charge in [-0.1, -0.05) is 19.1 Å². The summed E-state index contributed by atoms with van der Waals surface area (Å²) in [5.41, 5.74) is 0.330. The first-order valence-corrected chi connectivity index (χ1v) is 5.32. The van der Waals surface area contributed by atoms with Crippen molar-refractivity contribution >= 4 is 5.91 Å². The van der Waals surface area contributed by atoms with Crippen molar-refractivity contribution in [2.24, 2.45) is 0 Å². The van der Waals surface area contributed by atoms with Crippen molar-refractivity contribution in [3.8, 4) is 5.75 Å². The molecule has 0 aliphatic rings. The Kier molecular flexibility index (Phi) is 7.89. The van der Waals surface area contributed by atoms with Gasteiger partial charge < -0.3 is 15.7 Å². The van der Waals surface area contributed by atoms with Crippen molar-refractivity contribution in [3.63, 3.8) is 0 Å². The standard InChI is InChI=1S/C10H13NO2.C2H7N/c1-2-7-11-10(13)8-5-3-4-6-9(8)12;1-3-2/h3-6,12H,2,7H2,1H3,(H,11,13);3H,1-2H3. The molecule has 4 heteroatoms. The summed E-state index contributed by atoms with van der Waals surface area (Å²) in [4.78, 5) is 11.4. The molecule has 90 valence electrons. The lowest BCUT2D eigenvalue weighted by molar-refractivity contribution is 0.0951. The summed E-state index contributed by atoms with van der Waals surface area (Å²) >= 11 is 0. The molecule has 0 saturated carbocycles. The molecular formula is C12H20N2O2. The number of nitrogens with one attached hydrogen (secondary N) is 2. The van der Waals surface area contributed by atoms with Gasteiger partial charge in [-0.3, -0.25) is 4.79 Å². The fraction of sp³-hybridized carbons (Fsp3) is 0.417. The summed E-state index contributed by atoms with van der Waals surface area (Å²) in [6.45, 7) is 2.61. The van der Waals surface area contributed by atoms with Crippen LogP contribution < -0.4 is 10.6 Å². The van der Waals surface area contributed by atoms with E-state index in [0.29, 0.717) is 12.1 Å². The topological polar surface area (TPSA) is 61.4 Å². The third kappa shape index (κ3) is 5.36. The van der Waals surface area contributed by atoms with E-state index in [4.69, 9.17) is 0 Å². The van der Waals surface area contributed by atoms with E-state index in [2.05, 4.69) is 10.6 Å². The Balaban J connectivity index is 0.000000673. The number of hydrogen-bond donors (Lipinski definition) is 3. The molecule has 0 spiro atoms. The normalized spacial score (nSPS) is 8.94. The van der Waals surface area contributed by atoms with Gasteiger partial charge in [0.25, 0.3) is 5.91 Å². The highest BCUT2D eigenvalue weighted by atomic mass is 16.3. The Morgan fingerprint density at radius 2 is 1.88 bits per heavy atom. The number of carbonyl (C=O) groups excluding carboxylic acids is 1. The molecule has 1 amide bonds. The number of rotatable bonds is 3. The molecule has 3 N–H and O–H groups in total. The third-order valence-corrected chi connectivity index (χ3v) is 1.68. The van der Waals surface area contributed by atoms with Crippen LogP contribution in [0.3, 0.4) is 0 Å². The molecule has 0 unspecified atom stereocenters. The Bertz CT molecular complexity index is 314. The Labute approximate surface area is 96.7 Å². The fourth-order valence-electron chi connectivity index (χ4n) is 0.999. The van der Waals surface area contributed by atoms with Gasteiger partial charge in [0.05, 0.1) is 5.56 Å². The van der Waals surface area contributed by atoms with Crippen LogP contribution in [0, 0.1) is 0 Å². The molecule has 0 bridgehead atoms. The lowest BCUT2D eigenvalue weighted by Crippen LogP contribution is -2.23. The van der Waals surface area contributed by atoms with Crippen molar-refractivity contribution in [1.29, 1.82) is 0 Å². The minimum absolute atomic E-state index is 0.0242. The largest absolute Gasteiger partial charge is 0.507 e. The van der Waals surface area contributed by atoms with E-state index in [1.54, 1.807) is 18.2 Å². The minimum atomic E-state index is -0.222. The first kappa shape index (κ1) is 14.5. The van der Waals surface area contributed by atoms with Crippen LogP contribution in [0.1, 0.15) is 23.7 Å². The quantitative estimate of drug-likeness (QED) is 0.726. The summed E-state index contributed by atoms with van der Waals surface area (Å²) < 4.78 is 0. The monoisotopic (exact) mass is 224 g/mol. The zero-order valence-electron chi connectivity index (χ0n) is 10.1. The van der Waals surface area contributed by atoms with Gasteiger partial charge in [-0.05, 0) is 32.6 Å². The number of para-hydroxylation sites is 1. The third-order valence-electron chi connectivity index (χ3n) is 1.68. The second kappa shape index (κ2) is 8.73. The minimum Gasteiger partial charge on any atom is -0.507 e. The summed E-state index contributed by atoms with van der Waals surface area (Å²) in [5.74, 6) is -0.198. The SMILES string of the molecule is CCCNC(=O)c1ccccc1O.CNC. The number of amides is 1. The highest BCUT2D eigenvalue weighted by molar-refractivity contribution is 5.96. The van der Waals surface area contributed by atoms with Gasteiger partial charge in [-0.25, -0.2) is 0 Å². The molecule has 1 aromatic rings. The molecule has 0 heterocycles. The molecule has 16 heavy (non-hydrogen) atoms. The molecule has 1 aromatic carbocycles. The maximum atomic E-state index is 11.4. The number of phenols is 1. The van der Waals surface area contributed by atoms with E-state index < -0.39 is 0 Å². The number of hydrogen-bond acceptors (Lipinski definition) is 3. The highest BCUT2D eigenvalue weighted by Crippen LogP contribution is 2.14. The molecule has 1 rings (SSSR count). The predicted molar refractivity (Wildman–Crippen MR) is 65.7 cm³/mol. The molecule has 0 aromatic heterocycles. The van der Waals surface area contributed by atoms with E-state index in [0.717, 1.165) is 6.42 Å². The first-order valence-electron chi connectivity index (χ1n) is 5.32. The summed E-state index contributed by atoms with van der Waals surface area (Å²) in [6, 6.07) is 6.51. The molecule has 4 nitrogen and oxygen atoms in total. The van der Waals surface area contributed by atoms with Gasteiger partial charge in [0.15, 0.2) is 0 Å². The molecular weight excluding hydrogens is 204 g/mol. The van der Waals surface area contributed by atoms with Gasteiger partial charge in [0.1, 0.15) is 5.75 Å². The molecule has 0 radical (unpaired) electrons. The molecule has 0 fully saturated rings.